The minimum Gasteiger partial charge on any atom is -0.494 e. The minimum absolute atomic E-state index is 0.145. The van der Waals surface area contributed by atoms with Crippen molar-refractivity contribution in [1.82, 2.24) is 4.31 Å². The van der Waals surface area contributed by atoms with Crippen LogP contribution in [0.25, 0.3) is 0 Å². The molecule has 0 aromatic heterocycles. The first-order chi connectivity index (χ1) is 11.9. The summed E-state index contributed by atoms with van der Waals surface area (Å²) in [6, 6.07) is 16.1. The van der Waals surface area contributed by atoms with Gasteiger partial charge in [0.05, 0.1) is 19.4 Å². The van der Waals surface area contributed by atoms with Gasteiger partial charge in [-0.1, -0.05) is 36.4 Å². The maximum Gasteiger partial charge on any atom is 0.239 e. The molecule has 1 N–H and O–H groups in total. The molecule has 2 aromatic carbocycles. The number of nitrogens with zero attached hydrogens (tertiary/aromatic N) is 1. The molecular formula is C18H22N2O4S. The number of sulfonamides is 1. The first-order valence-corrected chi connectivity index (χ1v) is 9.75. The SMILES string of the molecule is CCOc1cccc(NC(=O)CN(Cc2ccccc2)S(C)(=O)=O)c1. The van der Waals surface area contributed by atoms with Crippen LogP contribution in [0.1, 0.15) is 12.5 Å². The molecular weight excluding hydrogens is 340 g/mol. The van der Waals surface area contributed by atoms with Crippen molar-refractivity contribution < 1.29 is 17.9 Å². The molecule has 0 atom stereocenters. The van der Waals surface area contributed by atoms with E-state index in [1.165, 1.54) is 0 Å². The van der Waals surface area contributed by atoms with Crippen molar-refractivity contribution in [3.63, 3.8) is 0 Å². The van der Waals surface area contributed by atoms with Crippen LogP contribution in [-0.2, 0) is 21.4 Å². The van der Waals surface area contributed by atoms with Crippen LogP contribution in [0.4, 0.5) is 5.69 Å². The van der Waals surface area contributed by atoms with Gasteiger partial charge in [0.1, 0.15) is 5.75 Å². The molecule has 6 nitrogen and oxygen atoms in total. The van der Waals surface area contributed by atoms with Gasteiger partial charge >= 0.3 is 0 Å². The Morgan fingerprint density at radius 2 is 1.84 bits per heavy atom. The third-order valence-corrected chi connectivity index (χ3v) is 4.62. The second kappa shape index (κ2) is 8.64. The number of ether oxygens (including phenoxy) is 1. The van der Waals surface area contributed by atoms with E-state index in [4.69, 9.17) is 4.74 Å². The van der Waals surface area contributed by atoms with E-state index in [1.54, 1.807) is 24.3 Å². The van der Waals surface area contributed by atoms with Crippen molar-refractivity contribution in [2.45, 2.75) is 13.5 Å². The normalized spacial score (nSPS) is 11.3. The van der Waals surface area contributed by atoms with Gasteiger partial charge < -0.3 is 10.1 Å². The molecule has 2 rings (SSSR count). The molecule has 0 aliphatic carbocycles. The average Bonchev–Trinajstić information content (AvgIpc) is 2.55. The van der Waals surface area contributed by atoms with Crippen LogP contribution < -0.4 is 10.1 Å². The summed E-state index contributed by atoms with van der Waals surface area (Å²) >= 11 is 0. The largest absolute Gasteiger partial charge is 0.494 e. The van der Waals surface area contributed by atoms with Crippen LogP contribution in [0, 0.1) is 0 Å². The highest BCUT2D eigenvalue weighted by molar-refractivity contribution is 7.88. The Balaban J connectivity index is 2.05. The predicted molar refractivity (Wildman–Crippen MR) is 97.9 cm³/mol. The molecule has 0 heterocycles. The van der Waals surface area contributed by atoms with E-state index in [0.717, 1.165) is 16.1 Å². The molecule has 0 aliphatic heterocycles. The monoisotopic (exact) mass is 362 g/mol. The van der Waals surface area contributed by atoms with Crippen LogP contribution in [-0.4, -0.2) is 38.0 Å². The smallest absolute Gasteiger partial charge is 0.239 e. The van der Waals surface area contributed by atoms with Gasteiger partial charge in [-0.05, 0) is 24.6 Å². The summed E-state index contributed by atoms with van der Waals surface area (Å²) in [5, 5.41) is 2.70. The van der Waals surface area contributed by atoms with Crippen LogP contribution in [0.2, 0.25) is 0 Å². The van der Waals surface area contributed by atoms with Crippen molar-refractivity contribution in [2.75, 3.05) is 24.7 Å². The van der Waals surface area contributed by atoms with Gasteiger partial charge in [-0.2, -0.15) is 4.31 Å². The van der Waals surface area contributed by atoms with Gasteiger partial charge in [0.15, 0.2) is 0 Å². The Labute approximate surface area is 148 Å². The Hall–Kier alpha value is -2.38. The Morgan fingerprint density at radius 3 is 2.48 bits per heavy atom. The van der Waals surface area contributed by atoms with Gasteiger partial charge in [-0.25, -0.2) is 8.42 Å². The van der Waals surface area contributed by atoms with E-state index in [2.05, 4.69) is 5.32 Å². The van der Waals surface area contributed by atoms with Crippen LogP contribution in [0.15, 0.2) is 54.6 Å². The average molecular weight is 362 g/mol. The highest BCUT2D eigenvalue weighted by Gasteiger charge is 2.20. The fourth-order valence-corrected chi connectivity index (χ4v) is 3.00. The number of nitrogens with one attached hydrogen (secondary N) is 1. The lowest BCUT2D eigenvalue weighted by atomic mass is 10.2. The fraction of sp³-hybridized carbons (Fsp3) is 0.278. The summed E-state index contributed by atoms with van der Waals surface area (Å²) < 4.78 is 30.5. The summed E-state index contributed by atoms with van der Waals surface area (Å²) in [5.74, 6) is 0.236. The zero-order valence-corrected chi connectivity index (χ0v) is 15.1. The van der Waals surface area contributed by atoms with Crippen molar-refractivity contribution in [3.8, 4) is 5.75 Å². The molecule has 25 heavy (non-hydrogen) atoms. The second-order valence-electron chi connectivity index (χ2n) is 5.53. The maximum atomic E-state index is 12.3. The van der Waals surface area contributed by atoms with E-state index in [-0.39, 0.29) is 13.1 Å². The summed E-state index contributed by atoms with van der Waals surface area (Å²) in [7, 11) is -3.52. The molecule has 0 bridgehead atoms. The molecule has 1 amide bonds. The number of carbonyl (C=O) groups is 1. The number of carbonyl (C=O) groups excluding carboxylic acids is 1. The minimum atomic E-state index is -3.52. The van der Waals surface area contributed by atoms with E-state index < -0.39 is 15.9 Å². The quantitative estimate of drug-likeness (QED) is 0.783. The number of benzene rings is 2. The van der Waals surface area contributed by atoms with Crippen molar-refractivity contribution in [1.29, 1.82) is 0 Å². The van der Waals surface area contributed by atoms with E-state index >= 15 is 0 Å². The van der Waals surface area contributed by atoms with Gasteiger partial charge in [-0.3, -0.25) is 4.79 Å². The van der Waals surface area contributed by atoms with Crippen LogP contribution in [0.5, 0.6) is 5.75 Å². The van der Waals surface area contributed by atoms with Gasteiger partial charge in [0.2, 0.25) is 15.9 Å². The molecule has 0 unspecified atom stereocenters. The summed E-state index contributed by atoms with van der Waals surface area (Å²) in [6.45, 7) is 2.29. The standard InChI is InChI=1S/C18H22N2O4S/c1-3-24-17-11-7-10-16(12-17)19-18(21)14-20(25(2,22)23)13-15-8-5-4-6-9-15/h4-12H,3,13-14H2,1-2H3,(H,19,21). The van der Waals surface area contributed by atoms with E-state index in [0.29, 0.717) is 18.0 Å². The summed E-state index contributed by atoms with van der Waals surface area (Å²) in [6.07, 6.45) is 1.10. The van der Waals surface area contributed by atoms with Crippen molar-refractivity contribution in [3.05, 3.63) is 60.2 Å². The van der Waals surface area contributed by atoms with Crippen molar-refractivity contribution in [2.24, 2.45) is 0 Å². The zero-order valence-electron chi connectivity index (χ0n) is 14.3. The fourth-order valence-electron chi connectivity index (χ4n) is 2.27. The second-order valence-corrected chi connectivity index (χ2v) is 7.51. The molecule has 2 aromatic rings. The molecule has 0 radical (unpaired) electrons. The third kappa shape index (κ3) is 6.21. The van der Waals surface area contributed by atoms with Crippen molar-refractivity contribution >= 4 is 21.6 Å². The maximum absolute atomic E-state index is 12.3. The Bertz CT molecular complexity index is 807. The third-order valence-electron chi connectivity index (χ3n) is 3.42. The van der Waals surface area contributed by atoms with Gasteiger partial charge in [-0.15, -0.1) is 0 Å². The van der Waals surface area contributed by atoms with Crippen LogP contribution >= 0.6 is 0 Å². The molecule has 0 saturated heterocycles. The van der Waals surface area contributed by atoms with Crippen LogP contribution in [0.3, 0.4) is 0 Å². The van der Waals surface area contributed by atoms with Gasteiger partial charge in [0, 0.05) is 18.3 Å². The molecule has 0 spiro atoms. The first kappa shape index (κ1) is 19.0. The number of amides is 1. The first-order valence-electron chi connectivity index (χ1n) is 7.90. The Kier molecular flexibility index (Phi) is 6.55. The van der Waals surface area contributed by atoms with Gasteiger partial charge in [0.25, 0.3) is 0 Å². The number of hydrogen-bond acceptors (Lipinski definition) is 4. The number of anilines is 1. The Morgan fingerprint density at radius 1 is 1.12 bits per heavy atom. The molecule has 7 heteroatoms. The molecule has 0 aliphatic rings. The lowest BCUT2D eigenvalue weighted by molar-refractivity contribution is -0.116. The molecule has 134 valence electrons. The highest BCUT2D eigenvalue weighted by Crippen LogP contribution is 2.17. The lowest BCUT2D eigenvalue weighted by Gasteiger charge is -2.19. The number of rotatable bonds is 8. The molecule has 0 saturated carbocycles. The number of hydrogen-bond donors (Lipinski definition) is 1. The summed E-state index contributed by atoms with van der Waals surface area (Å²) in [5.41, 5.74) is 1.38. The summed E-state index contributed by atoms with van der Waals surface area (Å²) in [4.78, 5) is 12.3. The zero-order chi connectivity index (χ0) is 18.3. The topological polar surface area (TPSA) is 75.7 Å². The predicted octanol–water partition coefficient (Wildman–Crippen LogP) is 2.49. The van der Waals surface area contributed by atoms with E-state index in [1.807, 2.05) is 37.3 Å². The lowest BCUT2D eigenvalue weighted by Crippen LogP contribution is -2.36. The molecule has 0 fully saturated rings. The highest BCUT2D eigenvalue weighted by atomic mass is 32.2. The van der Waals surface area contributed by atoms with E-state index in [9.17, 15) is 13.2 Å².